The number of fused-ring (bicyclic) bond motifs is 1. The fourth-order valence-electron chi connectivity index (χ4n) is 3.05. The highest BCUT2D eigenvalue weighted by Crippen LogP contribution is 2.36. The lowest BCUT2D eigenvalue weighted by atomic mass is 10.0. The summed E-state index contributed by atoms with van der Waals surface area (Å²) in [6, 6.07) is 10.2. The van der Waals surface area contributed by atoms with Crippen LogP contribution in [0.4, 0.5) is 0 Å². The van der Waals surface area contributed by atoms with Crippen molar-refractivity contribution in [1.82, 2.24) is 19.7 Å². The third-order valence-corrected chi connectivity index (χ3v) is 4.11. The van der Waals surface area contributed by atoms with E-state index in [9.17, 15) is 0 Å². The number of para-hydroxylation sites is 1. The van der Waals surface area contributed by atoms with Crippen molar-refractivity contribution in [3.8, 4) is 22.5 Å². The van der Waals surface area contributed by atoms with E-state index in [0.29, 0.717) is 0 Å². The summed E-state index contributed by atoms with van der Waals surface area (Å²) in [5.74, 6) is 0.779. The van der Waals surface area contributed by atoms with Crippen LogP contribution in [0, 0.1) is 13.8 Å². The van der Waals surface area contributed by atoms with Crippen LogP contribution in [-0.2, 0) is 7.05 Å². The molecular weight excluding hydrogens is 288 g/mol. The van der Waals surface area contributed by atoms with Crippen molar-refractivity contribution in [2.45, 2.75) is 13.8 Å². The number of nitrogens with zero attached hydrogens (tertiary/aromatic N) is 4. The molecule has 0 fully saturated rings. The van der Waals surface area contributed by atoms with Crippen molar-refractivity contribution in [1.29, 1.82) is 0 Å². The van der Waals surface area contributed by atoms with Crippen LogP contribution in [0.1, 0.15) is 11.5 Å². The number of benzene rings is 1. The van der Waals surface area contributed by atoms with Crippen molar-refractivity contribution in [3.63, 3.8) is 0 Å². The molecule has 5 heteroatoms. The van der Waals surface area contributed by atoms with Gasteiger partial charge in [-0.2, -0.15) is 0 Å². The van der Waals surface area contributed by atoms with Gasteiger partial charge >= 0.3 is 0 Å². The fourth-order valence-corrected chi connectivity index (χ4v) is 3.05. The van der Waals surface area contributed by atoms with Crippen molar-refractivity contribution < 1.29 is 4.52 Å². The van der Waals surface area contributed by atoms with Crippen LogP contribution in [0.2, 0.25) is 0 Å². The average Bonchev–Trinajstić information content (AvgIpc) is 3.09. The first kappa shape index (κ1) is 13.7. The third kappa shape index (κ3) is 2.04. The number of rotatable bonds is 2. The summed E-state index contributed by atoms with van der Waals surface area (Å²) >= 11 is 0. The second-order valence-corrected chi connectivity index (χ2v) is 5.63. The topological polar surface area (TPSA) is 56.7 Å². The van der Waals surface area contributed by atoms with E-state index in [2.05, 4.69) is 21.2 Å². The molecule has 4 rings (SSSR count). The normalized spacial score (nSPS) is 11.3. The van der Waals surface area contributed by atoms with Crippen LogP contribution in [-0.4, -0.2) is 19.7 Å². The molecule has 0 radical (unpaired) electrons. The zero-order valence-corrected chi connectivity index (χ0v) is 13.2. The average molecular weight is 304 g/mol. The van der Waals surface area contributed by atoms with Crippen molar-refractivity contribution >= 4 is 10.9 Å². The Labute approximate surface area is 133 Å². The molecule has 4 aromatic rings. The van der Waals surface area contributed by atoms with Gasteiger partial charge in [0.1, 0.15) is 11.5 Å². The smallest absolute Gasteiger partial charge is 0.143 e. The second-order valence-electron chi connectivity index (χ2n) is 5.63. The molecule has 0 saturated carbocycles. The molecule has 3 heterocycles. The van der Waals surface area contributed by atoms with E-state index >= 15 is 0 Å². The van der Waals surface area contributed by atoms with E-state index < -0.39 is 0 Å². The predicted octanol–water partition coefficient (Wildman–Crippen LogP) is 3.91. The lowest BCUT2D eigenvalue weighted by molar-refractivity contribution is 0.393. The molecule has 114 valence electrons. The van der Waals surface area contributed by atoms with E-state index in [1.807, 2.05) is 62.3 Å². The van der Waals surface area contributed by atoms with Crippen LogP contribution >= 0.6 is 0 Å². The summed E-state index contributed by atoms with van der Waals surface area (Å²) in [6.45, 7) is 3.85. The lowest BCUT2D eigenvalue weighted by Crippen LogP contribution is -1.94. The Balaban J connectivity index is 2.05. The minimum atomic E-state index is 0.779. The van der Waals surface area contributed by atoms with Crippen LogP contribution in [0.3, 0.4) is 0 Å². The number of imidazole rings is 1. The van der Waals surface area contributed by atoms with Gasteiger partial charge in [0, 0.05) is 24.2 Å². The van der Waals surface area contributed by atoms with Gasteiger partial charge in [-0.05, 0) is 26.0 Å². The molecule has 0 unspecified atom stereocenters. The number of aryl methyl sites for hydroxylation is 3. The molecular formula is C18H16N4O. The molecule has 0 aliphatic heterocycles. The van der Waals surface area contributed by atoms with Gasteiger partial charge in [0.05, 0.1) is 28.8 Å². The Hall–Kier alpha value is -2.95. The predicted molar refractivity (Wildman–Crippen MR) is 88.9 cm³/mol. The number of pyridine rings is 1. The molecule has 3 aromatic heterocycles. The Morgan fingerprint density at radius 2 is 1.87 bits per heavy atom. The van der Waals surface area contributed by atoms with Gasteiger partial charge in [0.2, 0.25) is 0 Å². The van der Waals surface area contributed by atoms with E-state index in [-0.39, 0.29) is 0 Å². The van der Waals surface area contributed by atoms with E-state index in [1.165, 1.54) is 0 Å². The summed E-state index contributed by atoms with van der Waals surface area (Å²) in [5, 5.41) is 5.17. The van der Waals surface area contributed by atoms with E-state index in [1.54, 1.807) is 0 Å². The van der Waals surface area contributed by atoms with Gasteiger partial charge in [0.25, 0.3) is 0 Å². The first-order valence-corrected chi connectivity index (χ1v) is 7.45. The molecule has 1 aromatic carbocycles. The van der Waals surface area contributed by atoms with E-state index in [4.69, 9.17) is 4.52 Å². The molecule has 23 heavy (non-hydrogen) atoms. The largest absolute Gasteiger partial charge is 0.361 e. The van der Waals surface area contributed by atoms with Gasteiger partial charge in [-0.15, -0.1) is 0 Å². The number of hydrogen-bond acceptors (Lipinski definition) is 4. The molecule has 0 N–H and O–H groups in total. The minimum Gasteiger partial charge on any atom is -0.361 e. The Bertz CT molecular complexity index is 988. The number of aromatic nitrogens is 4. The highest BCUT2D eigenvalue weighted by molar-refractivity contribution is 5.97. The highest BCUT2D eigenvalue weighted by atomic mass is 16.5. The van der Waals surface area contributed by atoms with Crippen LogP contribution in [0.15, 0.2) is 47.4 Å². The Kier molecular flexibility index (Phi) is 3.01. The summed E-state index contributed by atoms with van der Waals surface area (Å²) < 4.78 is 7.36. The van der Waals surface area contributed by atoms with Gasteiger partial charge in [0.15, 0.2) is 0 Å². The fraction of sp³-hybridized carbons (Fsp3) is 0.167. The maximum atomic E-state index is 5.33. The van der Waals surface area contributed by atoms with Crippen molar-refractivity contribution in [2.24, 2.45) is 7.05 Å². The van der Waals surface area contributed by atoms with Gasteiger partial charge in [-0.25, -0.2) is 4.98 Å². The first-order valence-electron chi connectivity index (χ1n) is 7.45. The standard InChI is InChI=1S/C18H16N4O/c1-11-16(12(2)23-21-11)17-18(22(3)10-20-17)14-8-9-19-15-7-5-4-6-13(14)15/h4-10H,1-3H3. The van der Waals surface area contributed by atoms with Crippen LogP contribution in [0.5, 0.6) is 0 Å². The van der Waals surface area contributed by atoms with Crippen LogP contribution < -0.4 is 0 Å². The summed E-state index contributed by atoms with van der Waals surface area (Å²) in [6.07, 6.45) is 3.66. The maximum absolute atomic E-state index is 5.33. The summed E-state index contributed by atoms with van der Waals surface area (Å²) in [5.41, 5.74) is 5.81. The number of hydrogen-bond donors (Lipinski definition) is 0. The molecule has 0 atom stereocenters. The monoisotopic (exact) mass is 304 g/mol. The molecule has 0 aliphatic carbocycles. The van der Waals surface area contributed by atoms with Crippen LogP contribution in [0.25, 0.3) is 33.4 Å². The van der Waals surface area contributed by atoms with Gasteiger partial charge in [-0.1, -0.05) is 23.4 Å². The molecule has 0 bridgehead atoms. The zero-order chi connectivity index (χ0) is 16.0. The first-order chi connectivity index (χ1) is 11.2. The third-order valence-electron chi connectivity index (χ3n) is 4.11. The zero-order valence-electron chi connectivity index (χ0n) is 13.2. The molecule has 0 spiro atoms. The molecule has 5 nitrogen and oxygen atoms in total. The SMILES string of the molecule is Cc1noc(C)c1-c1ncn(C)c1-c1ccnc2ccccc12. The van der Waals surface area contributed by atoms with E-state index in [0.717, 1.165) is 44.9 Å². The van der Waals surface area contributed by atoms with Crippen molar-refractivity contribution in [2.75, 3.05) is 0 Å². The molecule has 0 aliphatic rings. The lowest BCUT2D eigenvalue weighted by Gasteiger charge is -2.09. The summed E-state index contributed by atoms with van der Waals surface area (Å²) in [7, 11) is 2.00. The maximum Gasteiger partial charge on any atom is 0.143 e. The van der Waals surface area contributed by atoms with Gasteiger partial charge < -0.3 is 9.09 Å². The molecule has 0 saturated heterocycles. The highest BCUT2D eigenvalue weighted by Gasteiger charge is 2.21. The summed E-state index contributed by atoms with van der Waals surface area (Å²) in [4.78, 5) is 9.05. The quantitative estimate of drug-likeness (QED) is 0.563. The molecule has 0 amide bonds. The Morgan fingerprint density at radius 3 is 2.65 bits per heavy atom. The van der Waals surface area contributed by atoms with Crippen molar-refractivity contribution in [3.05, 3.63) is 54.3 Å². The minimum absolute atomic E-state index is 0.779. The Morgan fingerprint density at radius 1 is 1.04 bits per heavy atom. The van der Waals surface area contributed by atoms with Gasteiger partial charge in [-0.3, -0.25) is 4.98 Å². The second kappa shape index (κ2) is 5.05.